The minimum Gasteiger partial charge on any atom is -0.343 e. The van der Waals surface area contributed by atoms with Gasteiger partial charge < -0.3 is 9.80 Å². The van der Waals surface area contributed by atoms with Crippen molar-refractivity contribution in [2.24, 2.45) is 7.05 Å². The van der Waals surface area contributed by atoms with Gasteiger partial charge in [0.15, 0.2) is 0 Å². The van der Waals surface area contributed by atoms with Crippen LogP contribution in [0.1, 0.15) is 16.2 Å². The SMILES string of the molecule is Cc1c(-c2cc(C(=O)N3CCN4CCN(C)C(=O)[C@H]4C3)[nH]n2)cnn1C. The molecule has 0 aliphatic carbocycles. The monoisotopic (exact) mass is 357 g/mol. The maximum absolute atomic E-state index is 12.9. The molecule has 0 bridgehead atoms. The van der Waals surface area contributed by atoms with Crippen LogP contribution >= 0.6 is 0 Å². The van der Waals surface area contributed by atoms with Crippen molar-refractivity contribution < 1.29 is 9.59 Å². The topological polar surface area (TPSA) is 90.4 Å². The van der Waals surface area contributed by atoms with Crippen LogP contribution in [0.5, 0.6) is 0 Å². The third-order valence-electron chi connectivity index (χ3n) is 5.48. The Hall–Kier alpha value is -2.68. The van der Waals surface area contributed by atoms with E-state index in [1.54, 1.807) is 26.7 Å². The van der Waals surface area contributed by atoms with Crippen molar-refractivity contribution in [3.63, 3.8) is 0 Å². The normalized spacial score (nSPS) is 21.2. The molecule has 2 fully saturated rings. The molecule has 2 aromatic heterocycles. The molecular formula is C17H23N7O2. The van der Waals surface area contributed by atoms with Gasteiger partial charge in [0.1, 0.15) is 11.7 Å². The number of nitrogens with one attached hydrogen (secondary N) is 1. The van der Waals surface area contributed by atoms with Crippen LogP contribution in [-0.2, 0) is 11.8 Å². The van der Waals surface area contributed by atoms with Crippen LogP contribution in [0.2, 0.25) is 0 Å². The van der Waals surface area contributed by atoms with E-state index in [1.165, 1.54) is 0 Å². The second-order valence-electron chi connectivity index (χ2n) is 7.00. The molecule has 0 saturated carbocycles. The van der Waals surface area contributed by atoms with Crippen LogP contribution in [0.25, 0.3) is 11.3 Å². The summed E-state index contributed by atoms with van der Waals surface area (Å²) in [5, 5.41) is 11.3. The summed E-state index contributed by atoms with van der Waals surface area (Å²) >= 11 is 0. The van der Waals surface area contributed by atoms with Gasteiger partial charge in [-0.2, -0.15) is 10.2 Å². The van der Waals surface area contributed by atoms with E-state index < -0.39 is 0 Å². The molecule has 9 nitrogen and oxygen atoms in total. The molecule has 2 saturated heterocycles. The lowest BCUT2D eigenvalue weighted by atomic mass is 10.1. The van der Waals surface area contributed by atoms with Crippen molar-refractivity contribution in [1.82, 2.24) is 34.7 Å². The quantitative estimate of drug-likeness (QED) is 0.798. The molecule has 0 radical (unpaired) electrons. The van der Waals surface area contributed by atoms with Gasteiger partial charge in [0.2, 0.25) is 5.91 Å². The molecule has 0 spiro atoms. The summed E-state index contributed by atoms with van der Waals surface area (Å²) in [5.74, 6) is -0.0315. The van der Waals surface area contributed by atoms with Gasteiger partial charge in [0, 0.05) is 58.1 Å². The number of rotatable bonds is 2. The number of carbonyl (C=O) groups is 2. The van der Waals surface area contributed by atoms with Gasteiger partial charge >= 0.3 is 0 Å². The third kappa shape index (κ3) is 2.68. The largest absolute Gasteiger partial charge is 0.343 e. The predicted octanol–water partition coefficient (Wildman–Crippen LogP) is -0.283. The van der Waals surface area contributed by atoms with Crippen LogP contribution in [0.4, 0.5) is 0 Å². The molecule has 4 rings (SSSR count). The third-order valence-corrected chi connectivity index (χ3v) is 5.48. The minimum absolute atomic E-state index is 0.0880. The van der Waals surface area contributed by atoms with Crippen molar-refractivity contribution in [3.05, 3.63) is 23.7 Å². The Bertz CT molecular complexity index is 855. The number of amides is 2. The van der Waals surface area contributed by atoms with Crippen molar-refractivity contribution >= 4 is 11.8 Å². The van der Waals surface area contributed by atoms with Crippen LogP contribution in [0, 0.1) is 6.92 Å². The maximum Gasteiger partial charge on any atom is 0.271 e. The number of hydrogen-bond acceptors (Lipinski definition) is 5. The summed E-state index contributed by atoms with van der Waals surface area (Å²) in [6, 6.07) is 1.52. The van der Waals surface area contributed by atoms with Crippen LogP contribution in [0.3, 0.4) is 0 Å². The number of nitrogens with zero attached hydrogens (tertiary/aromatic N) is 6. The molecule has 2 aromatic rings. The van der Waals surface area contributed by atoms with Crippen molar-refractivity contribution in [2.45, 2.75) is 13.0 Å². The van der Waals surface area contributed by atoms with Crippen LogP contribution < -0.4 is 0 Å². The van der Waals surface area contributed by atoms with Gasteiger partial charge in [-0.1, -0.05) is 0 Å². The average Bonchev–Trinajstić information content (AvgIpc) is 3.25. The summed E-state index contributed by atoms with van der Waals surface area (Å²) in [5.41, 5.74) is 3.02. The second kappa shape index (κ2) is 6.24. The number of fused-ring (bicyclic) bond motifs is 1. The van der Waals surface area contributed by atoms with Crippen LogP contribution in [-0.4, -0.2) is 92.3 Å². The molecule has 0 aromatic carbocycles. The number of likely N-dealkylation sites (N-methyl/N-ethyl adjacent to an activating group) is 1. The van der Waals surface area contributed by atoms with E-state index in [9.17, 15) is 9.59 Å². The van der Waals surface area contributed by atoms with E-state index in [0.717, 1.165) is 30.9 Å². The Kier molecular flexibility index (Phi) is 4.03. The van der Waals surface area contributed by atoms with Gasteiger partial charge in [-0.25, -0.2) is 0 Å². The maximum atomic E-state index is 12.9. The first-order valence-electron chi connectivity index (χ1n) is 8.78. The fourth-order valence-corrected chi connectivity index (χ4v) is 3.64. The minimum atomic E-state index is -0.241. The fourth-order valence-electron chi connectivity index (χ4n) is 3.64. The summed E-state index contributed by atoms with van der Waals surface area (Å²) < 4.78 is 1.77. The molecule has 1 N–H and O–H groups in total. The molecule has 2 aliphatic rings. The highest BCUT2D eigenvalue weighted by atomic mass is 16.2. The van der Waals surface area contributed by atoms with E-state index in [4.69, 9.17) is 0 Å². The van der Waals surface area contributed by atoms with Crippen molar-refractivity contribution in [2.75, 3.05) is 39.8 Å². The molecule has 4 heterocycles. The second-order valence-corrected chi connectivity index (χ2v) is 7.00. The molecule has 0 unspecified atom stereocenters. The number of H-pyrrole nitrogens is 1. The number of carbonyl (C=O) groups excluding carboxylic acids is 2. The van der Waals surface area contributed by atoms with Crippen LogP contribution in [0.15, 0.2) is 12.3 Å². The molecular weight excluding hydrogens is 334 g/mol. The van der Waals surface area contributed by atoms with E-state index in [2.05, 4.69) is 20.2 Å². The highest BCUT2D eigenvalue weighted by Gasteiger charge is 2.39. The first-order chi connectivity index (χ1) is 12.5. The first kappa shape index (κ1) is 16.8. The summed E-state index contributed by atoms with van der Waals surface area (Å²) in [6.45, 7) is 5.33. The lowest BCUT2D eigenvalue weighted by Gasteiger charge is -2.45. The summed E-state index contributed by atoms with van der Waals surface area (Å²) in [4.78, 5) is 31.0. The lowest BCUT2D eigenvalue weighted by Crippen LogP contribution is -2.64. The van der Waals surface area contributed by atoms with Crippen molar-refractivity contribution in [3.8, 4) is 11.3 Å². The summed E-state index contributed by atoms with van der Waals surface area (Å²) in [6.07, 6.45) is 1.75. The van der Waals surface area contributed by atoms with Gasteiger partial charge in [-0.05, 0) is 13.0 Å². The number of piperazine rings is 2. The van der Waals surface area contributed by atoms with Gasteiger partial charge in [-0.15, -0.1) is 0 Å². The standard InChI is InChI=1S/C17H23N7O2/c1-11-12(9-18-22(11)3)13-8-14(20-19-13)16(25)24-7-6-23-5-4-21(2)17(26)15(23)10-24/h8-9,15H,4-7,10H2,1-3H3,(H,19,20)/t15-/m1/s1. The lowest BCUT2D eigenvalue weighted by molar-refractivity contribution is -0.142. The zero-order valence-electron chi connectivity index (χ0n) is 15.3. The van der Waals surface area contributed by atoms with Gasteiger partial charge in [0.25, 0.3) is 5.91 Å². The fraction of sp³-hybridized carbons (Fsp3) is 0.529. The van der Waals surface area contributed by atoms with Gasteiger partial charge in [-0.3, -0.25) is 24.3 Å². The first-order valence-corrected chi connectivity index (χ1v) is 8.78. The summed E-state index contributed by atoms with van der Waals surface area (Å²) in [7, 11) is 3.69. The number of aromatic amines is 1. The molecule has 2 aliphatic heterocycles. The molecule has 9 heteroatoms. The Balaban J connectivity index is 1.52. The number of hydrogen-bond donors (Lipinski definition) is 1. The predicted molar refractivity (Wildman–Crippen MR) is 94.4 cm³/mol. The molecule has 138 valence electrons. The smallest absolute Gasteiger partial charge is 0.271 e. The zero-order valence-corrected chi connectivity index (χ0v) is 15.3. The van der Waals surface area contributed by atoms with E-state index in [1.807, 2.05) is 21.0 Å². The Morgan fingerprint density at radius 1 is 1.23 bits per heavy atom. The molecule has 2 amide bonds. The number of aromatic nitrogens is 4. The average molecular weight is 357 g/mol. The van der Waals surface area contributed by atoms with E-state index >= 15 is 0 Å². The zero-order chi connectivity index (χ0) is 18.4. The highest BCUT2D eigenvalue weighted by Crippen LogP contribution is 2.22. The van der Waals surface area contributed by atoms with E-state index in [0.29, 0.717) is 24.5 Å². The number of aryl methyl sites for hydroxylation is 1. The Morgan fingerprint density at radius 2 is 2.00 bits per heavy atom. The van der Waals surface area contributed by atoms with Crippen molar-refractivity contribution in [1.29, 1.82) is 0 Å². The molecule has 1 atom stereocenters. The molecule has 26 heavy (non-hydrogen) atoms. The van der Waals surface area contributed by atoms with Gasteiger partial charge in [0.05, 0.1) is 11.9 Å². The Morgan fingerprint density at radius 3 is 2.73 bits per heavy atom. The Labute approximate surface area is 151 Å². The highest BCUT2D eigenvalue weighted by molar-refractivity contribution is 5.94. The van der Waals surface area contributed by atoms with E-state index in [-0.39, 0.29) is 17.9 Å².